The molecule has 2 amide bonds. The van der Waals surface area contributed by atoms with Crippen molar-refractivity contribution >= 4 is 27.5 Å². The molecule has 3 rings (SSSR count). The maximum absolute atomic E-state index is 13.8. The summed E-state index contributed by atoms with van der Waals surface area (Å²) in [6, 6.07) is 17.3. The van der Waals surface area contributed by atoms with Gasteiger partial charge in [-0.3, -0.25) is 13.9 Å². The van der Waals surface area contributed by atoms with E-state index < -0.39 is 34.3 Å². The molecule has 0 radical (unpaired) electrons. The summed E-state index contributed by atoms with van der Waals surface area (Å²) in [7, 11) is -1.30. The lowest BCUT2D eigenvalue weighted by atomic mass is 10.1. The van der Waals surface area contributed by atoms with Gasteiger partial charge in [-0.1, -0.05) is 36.8 Å². The number of likely N-dealkylation sites (N-methyl/N-ethyl adjacent to an activating group) is 1. The molecule has 0 spiro atoms. The number of nitrogens with zero attached hydrogens (tertiary/aromatic N) is 2. The Morgan fingerprint density at radius 2 is 1.68 bits per heavy atom. The van der Waals surface area contributed by atoms with Crippen molar-refractivity contribution in [3.05, 3.63) is 89.7 Å². The fourth-order valence-electron chi connectivity index (χ4n) is 4.10. The molecule has 3 aromatic rings. The van der Waals surface area contributed by atoms with E-state index in [1.165, 1.54) is 55.5 Å². The van der Waals surface area contributed by atoms with Crippen LogP contribution in [-0.4, -0.2) is 51.9 Å². The number of halogens is 1. The van der Waals surface area contributed by atoms with E-state index in [2.05, 4.69) is 5.32 Å². The van der Waals surface area contributed by atoms with Gasteiger partial charge >= 0.3 is 0 Å². The van der Waals surface area contributed by atoms with Crippen molar-refractivity contribution in [1.82, 2.24) is 10.2 Å². The Bertz CT molecular complexity index is 1360. The maximum Gasteiger partial charge on any atom is 0.264 e. The summed E-state index contributed by atoms with van der Waals surface area (Å²) in [6.45, 7) is 3.21. The summed E-state index contributed by atoms with van der Waals surface area (Å²) in [5.74, 6) is -1.02. The molecule has 202 valence electrons. The van der Waals surface area contributed by atoms with E-state index in [-0.39, 0.29) is 23.0 Å². The lowest BCUT2D eigenvalue weighted by Gasteiger charge is -2.33. The minimum Gasteiger partial charge on any atom is -0.497 e. The molecule has 0 aliphatic carbocycles. The van der Waals surface area contributed by atoms with Crippen molar-refractivity contribution in [3.8, 4) is 5.75 Å². The van der Waals surface area contributed by atoms with Crippen LogP contribution in [0.5, 0.6) is 5.75 Å². The molecule has 0 bridgehead atoms. The van der Waals surface area contributed by atoms with Gasteiger partial charge in [0.25, 0.3) is 10.0 Å². The van der Waals surface area contributed by atoms with Gasteiger partial charge in [0.15, 0.2) is 0 Å². The van der Waals surface area contributed by atoms with Crippen LogP contribution in [0.3, 0.4) is 0 Å². The van der Waals surface area contributed by atoms with Crippen LogP contribution in [0.4, 0.5) is 10.1 Å². The molecule has 38 heavy (non-hydrogen) atoms. The Kier molecular flexibility index (Phi) is 9.46. The molecular formula is C28H32FN3O5S. The molecule has 0 unspecified atom stereocenters. The molecule has 0 aliphatic heterocycles. The fourth-order valence-corrected chi connectivity index (χ4v) is 5.52. The van der Waals surface area contributed by atoms with Gasteiger partial charge in [0.05, 0.1) is 17.7 Å². The van der Waals surface area contributed by atoms with E-state index in [0.717, 1.165) is 27.6 Å². The summed E-state index contributed by atoms with van der Waals surface area (Å²) < 4.78 is 47.2. The normalized spacial score (nSPS) is 11.9. The van der Waals surface area contributed by atoms with E-state index in [1.54, 1.807) is 6.92 Å². The third-order valence-electron chi connectivity index (χ3n) is 6.11. The van der Waals surface area contributed by atoms with E-state index in [1.807, 2.05) is 31.2 Å². The Balaban J connectivity index is 2.05. The first-order valence-electron chi connectivity index (χ1n) is 12.1. The fraction of sp³-hybridized carbons (Fsp3) is 0.286. The zero-order valence-corrected chi connectivity index (χ0v) is 22.7. The highest BCUT2D eigenvalue weighted by molar-refractivity contribution is 7.92. The van der Waals surface area contributed by atoms with Crippen molar-refractivity contribution in [3.63, 3.8) is 0 Å². The Labute approximate surface area is 223 Å². The lowest BCUT2D eigenvalue weighted by molar-refractivity contribution is -0.140. The molecule has 0 aliphatic rings. The number of hydrogen-bond donors (Lipinski definition) is 1. The minimum absolute atomic E-state index is 0.0704. The predicted molar refractivity (Wildman–Crippen MR) is 144 cm³/mol. The molecule has 0 saturated carbocycles. The molecule has 0 saturated heterocycles. The lowest BCUT2D eigenvalue weighted by Crippen LogP contribution is -2.51. The number of rotatable bonds is 11. The molecule has 0 heterocycles. The highest BCUT2D eigenvalue weighted by atomic mass is 32.2. The third kappa shape index (κ3) is 6.69. The number of hydrogen-bond acceptors (Lipinski definition) is 5. The van der Waals surface area contributed by atoms with Crippen LogP contribution in [0.25, 0.3) is 0 Å². The standard InChI is InChI=1S/C28H32FN3O5S/c1-5-26(28(34)30-3)31(18-21-8-6-7-20(2)17-21)27(33)19-32(23-11-9-22(29)10-12-23)38(35,36)25-15-13-24(37-4)14-16-25/h6-17,26H,5,18-19H2,1-4H3,(H,30,34)/t26-/m0/s1. The average molecular weight is 542 g/mol. The van der Waals surface area contributed by atoms with Crippen LogP contribution in [0.2, 0.25) is 0 Å². The number of sulfonamides is 1. The van der Waals surface area contributed by atoms with Gasteiger partial charge < -0.3 is 15.0 Å². The van der Waals surface area contributed by atoms with E-state index in [0.29, 0.717) is 12.2 Å². The molecule has 10 heteroatoms. The number of benzene rings is 3. The largest absolute Gasteiger partial charge is 0.497 e. The van der Waals surface area contributed by atoms with Crippen LogP contribution in [-0.2, 0) is 26.2 Å². The summed E-state index contributed by atoms with van der Waals surface area (Å²) >= 11 is 0. The number of aryl methyl sites for hydroxylation is 1. The number of carbonyl (C=O) groups is 2. The predicted octanol–water partition coefficient (Wildman–Crippen LogP) is 3.89. The van der Waals surface area contributed by atoms with Crippen LogP contribution in [0, 0.1) is 12.7 Å². The third-order valence-corrected chi connectivity index (χ3v) is 7.90. The molecule has 8 nitrogen and oxygen atoms in total. The zero-order chi connectivity index (χ0) is 27.9. The molecule has 1 atom stereocenters. The smallest absolute Gasteiger partial charge is 0.264 e. The zero-order valence-electron chi connectivity index (χ0n) is 21.8. The van der Waals surface area contributed by atoms with Crippen molar-refractivity contribution in [2.75, 3.05) is 25.0 Å². The molecule has 0 fully saturated rings. The maximum atomic E-state index is 13.8. The second kappa shape index (κ2) is 12.6. The number of methoxy groups -OCH3 is 1. The van der Waals surface area contributed by atoms with Gasteiger partial charge in [-0.05, 0) is 67.4 Å². The monoisotopic (exact) mass is 541 g/mol. The number of anilines is 1. The first kappa shape index (κ1) is 28.6. The summed E-state index contributed by atoms with van der Waals surface area (Å²) in [4.78, 5) is 27.9. The van der Waals surface area contributed by atoms with Gasteiger partial charge in [0.1, 0.15) is 24.2 Å². The van der Waals surface area contributed by atoms with Crippen molar-refractivity contribution < 1.29 is 27.1 Å². The van der Waals surface area contributed by atoms with Crippen molar-refractivity contribution in [2.45, 2.75) is 37.8 Å². The Morgan fingerprint density at radius 1 is 1.03 bits per heavy atom. The minimum atomic E-state index is -4.25. The van der Waals surface area contributed by atoms with Crippen LogP contribution < -0.4 is 14.4 Å². The molecule has 1 N–H and O–H groups in total. The Morgan fingerprint density at radius 3 is 2.24 bits per heavy atom. The van der Waals surface area contributed by atoms with E-state index >= 15 is 0 Å². The van der Waals surface area contributed by atoms with Gasteiger partial charge in [-0.2, -0.15) is 0 Å². The van der Waals surface area contributed by atoms with Gasteiger partial charge in [0.2, 0.25) is 11.8 Å². The van der Waals surface area contributed by atoms with Gasteiger partial charge in [0, 0.05) is 13.6 Å². The Hall–Kier alpha value is -3.92. The SMILES string of the molecule is CC[C@@H](C(=O)NC)N(Cc1cccc(C)c1)C(=O)CN(c1ccc(F)cc1)S(=O)(=O)c1ccc(OC)cc1. The number of amides is 2. The van der Waals surface area contributed by atoms with Crippen LogP contribution in [0.1, 0.15) is 24.5 Å². The number of carbonyl (C=O) groups excluding carboxylic acids is 2. The highest BCUT2D eigenvalue weighted by Crippen LogP contribution is 2.26. The van der Waals surface area contributed by atoms with E-state index in [4.69, 9.17) is 4.74 Å². The molecular weight excluding hydrogens is 509 g/mol. The second-order valence-corrected chi connectivity index (χ2v) is 10.6. The summed E-state index contributed by atoms with van der Waals surface area (Å²) in [5.41, 5.74) is 1.89. The average Bonchev–Trinajstić information content (AvgIpc) is 2.91. The summed E-state index contributed by atoms with van der Waals surface area (Å²) in [6.07, 6.45) is 0.318. The van der Waals surface area contributed by atoms with Gasteiger partial charge in [-0.25, -0.2) is 12.8 Å². The topological polar surface area (TPSA) is 96.0 Å². The van der Waals surface area contributed by atoms with Crippen LogP contribution >= 0.6 is 0 Å². The number of ether oxygens (including phenoxy) is 1. The number of nitrogens with one attached hydrogen (secondary N) is 1. The quantitative estimate of drug-likeness (QED) is 0.397. The first-order chi connectivity index (χ1) is 18.1. The van der Waals surface area contributed by atoms with Crippen LogP contribution in [0.15, 0.2) is 77.7 Å². The van der Waals surface area contributed by atoms with Crippen molar-refractivity contribution in [2.24, 2.45) is 0 Å². The molecule has 3 aromatic carbocycles. The van der Waals surface area contributed by atoms with Crippen molar-refractivity contribution in [1.29, 1.82) is 0 Å². The second-order valence-electron chi connectivity index (χ2n) is 8.71. The van der Waals surface area contributed by atoms with E-state index in [9.17, 15) is 22.4 Å². The highest BCUT2D eigenvalue weighted by Gasteiger charge is 2.33. The summed E-state index contributed by atoms with van der Waals surface area (Å²) in [5, 5.41) is 2.59. The van der Waals surface area contributed by atoms with Gasteiger partial charge in [-0.15, -0.1) is 0 Å². The first-order valence-corrected chi connectivity index (χ1v) is 13.5. The molecule has 0 aromatic heterocycles.